The number of aromatic nitrogens is 3. The summed E-state index contributed by atoms with van der Waals surface area (Å²) in [4.78, 5) is 14.5. The van der Waals surface area contributed by atoms with E-state index in [0.29, 0.717) is 30.6 Å². The minimum Gasteiger partial charge on any atom is -0.378 e. The van der Waals surface area contributed by atoms with E-state index in [9.17, 15) is 4.79 Å². The van der Waals surface area contributed by atoms with Gasteiger partial charge in [0.05, 0.1) is 24.6 Å². The smallest absolute Gasteiger partial charge is 0.277 e. The molecular formula is C19H20N6O3. The van der Waals surface area contributed by atoms with Gasteiger partial charge in [-0.05, 0) is 31.2 Å². The van der Waals surface area contributed by atoms with Crippen molar-refractivity contribution in [1.29, 1.82) is 0 Å². The average Bonchev–Trinajstić information content (AvgIpc) is 3.14. The van der Waals surface area contributed by atoms with Gasteiger partial charge in [-0.1, -0.05) is 17.3 Å². The summed E-state index contributed by atoms with van der Waals surface area (Å²) >= 11 is 0. The molecule has 0 radical (unpaired) electrons. The second kappa shape index (κ2) is 8.05. The maximum atomic E-state index is 12.2. The molecule has 1 amide bonds. The van der Waals surface area contributed by atoms with Crippen LogP contribution in [-0.4, -0.2) is 47.6 Å². The fourth-order valence-electron chi connectivity index (χ4n) is 2.92. The van der Waals surface area contributed by atoms with Gasteiger partial charge in [0.15, 0.2) is 17.3 Å². The predicted molar refractivity (Wildman–Crippen MR) is 104 cm³/mol. The molecule has 1 saturated heterocycles. The Kier molecular flexibility index (Phi) is 5.16. The van der Waals surface area contributed by atoms with Crippen molar-refractivity contribution < 1.29 is 14.1 Å². The number of hydrogen-bond acceptors (Lipinski definition) is 8. The number of rotatable bonds is 5. The quantitative estimate of drug-likeness (QED) is 0.696. The van der Waals surface area contributed by atoms with Gasteiger partial charge in [0.25, 0.3) is 5.91 Å². The topological polar surface area (TPSA) is 105 Å². The van der Waals surface area contributed by atoms with E-state index >= 15 is 0 Å². The van der Waals surface area contributed by atoms with Gasteiger partial charge in [-0.15, -0.1) is 10.2 Å². The summed E-state index contributed by atoms with van der Waals surface area (Å²) < 4.78 is 10.4. The maximum Gasteiger partial charge on any atom is 0.277 e. The molecule has 144 valence electrons. The molecule has 0 spiro atoms. The number of nitrogens with one attached hydrogen (secondary N) is 2. The number of morpholine rings is 1. The van der Waals surface area contributed by atoms with Crippen molar-refractivity contribution in [3.63, 3.8) is 0 Å². The van der Waals surface area contributed by atoms with Crippen LogP contribution in [0.5, 0.6) is 0 Å². The number of anilines is 4. The highest BCUT2D eigenvalue weighted by atomic mass is 16.5. The highest BCUT2D eigenvalue weighted by molar-refractivity contribution is 6.02. The van der Waals surface area contributed by atoms with Crippen molar-refractivity contribution in [2.45, 2.75) is 6.92 Å². The molecule has 9 heteroatoms. The lowest BCUT2D eigenvalue weighted by molar-refractivity contribution is 0.102. The number of hydrogen-bond donors (Lipinski definition) is 2. The lowest BCUT2D eigenvalue weighted by atomic mass is 10.2. The standard InChI is InChI=1S/C19H20N6O3/c1-13-12-18(24-28-13)21-19(26)15-6-7-17(23-22-15)20-14-4-2-3-5-16(14)25-8-10-27-11-9-25/h2-7,12H,8-11H2,1H3,(H,20,23)(H,21,24,26). The maximum absolute atomic E-state index is 12.2. The van der Waals surface area contributed by atoms with Crippen LogP contribution < -0.4 is 15.5 Å². The van der Waals surface area contributed by atoms with Crippen molar-refractivity contribution >= 4 is 28.9 Å². The monoisotopic (exact) mass is 380 g/mol. The number of ether oxygens (including phenoxy) is 1. The lowest BCUT2D eigenvalue weighted by Gasteiger charge is -2.30. The first kappa shape index (κ1) is 17.9. The Labute approximate surface area is 161 Å². The van der Waals surface area contributed by atoms with E-state index in [-0.39, 0.29) is 5.69 Å². The first-order valence-electron chi connectivity index (χ1n) is 8.96. The van der Waals surface area contributed by atoms with Crippen molar-refractivity contribution in [2.75, 3.05) is 41.8 Å². The molecule has 0 atom stereocenters. The second-order valence-corrected chi connectivity index (χ2v) is 6.32. The molecule has 4 rings (SSSR count). The minimum atomic E-state index is -0.402. The number of benzene rings is 1. The summed E-state index contributed by atoms with van der Waals surface area (Å²) in [5.74, 6) is 1.10. The van der Waals surface area contributed by atoms with Crippen LogP contribution >= 0.6 is 0 Å². The van der Waals surface area contributed by atoms with Crippen LogP contribution in [0.3, 0.4) is 0 Å². The number of carbonyl (C=O) groups is 1. The molecule has 0 saturated carbocycles. The summed E-state index contributed by atoms with van der Waals surface area (Å²) in [5, 5.41) is 17.7. The lowest BCUT2D eigenvalue weighted by Crippen LogP contribution is -2.36. The molecule has 3 aromatic rings. The summed E-state index contributed by atoms with van der Waals surface area (Å²) in [5.41, 5.74) is 2.19. The largest absolute Gasteiger partial charge is 0.378 e. The molecule has 1 aliphatic heterocycles. The van der Waals surface area contributed by atoms with E-state index in [1.165, 1.54) is 0 Å². The van der Waals surface area contributed by atoms with Crippen molar-refractivity contribution in [3.8, 4) is 0 Å². The van der Waals surface area contributed by atoms with Crippen molar-refractivity contribution in [2.24, 2.45) is 0 Å². The van der Waals surface area contributed by atoms with Gasteiger partial charge in [-0.2, -0.15) is 0 Å². The summed E-state index contributed by atoms with van der Waals surface area (Å²) in [6.45, 7) is 4.85. The highest BCUT2D eigenvalue weighted by Gasteiger charge is 2.15. The zero-order valence-corrected chi connectivity index (χ0v) is 15.4. The summed E-state index contributed by atoms with van der Waals surface area (Å²) in [6.07, 6.45) is 0. The number of para-hydroxylation sites is 2. The third-order valence-corrected chi connectivity index (χ3v) is 4.29. The van der Waals surface area contributed by atoms with Crippen molar-refractivity contribution in [3.05, 3.63) is 53.9 Å². The van der Waals surface area contributed by atoms with Crippen LogP contribution in [0.25, 0.3) is 0 Å². The van der Waals surface area contributed by atoms with E-state index in [1.807, 2.05) is 18.2 Å². The number of nitrogens with zero attached hydrogens (tertiary/aromatic N) is 4. The van der Waals surface area contributed by atoms with Crippen LogP contribution in [0.2, 0.25) is 0 Å². The Morgan fingerprint density at radius 3 is 2.61 bits per heavy atom. The number of amides is 1. The average molecular weight is 380 g/mol. The van der Waals surface area contributed by atoms with Gasteiger partial charge in [0.1, 0.15) is 5.76 Å². The third-order valence-electron chi connectivity index (χ3n) is 4.29. The molecule has 1 aromatic carbocycles. The molecule has 2 N–H and O–H groups in total. The predicted octanol–water partition coefficient (Wildman–Crippen LogP) is 2.61. The van der Waals surface area contributed by atoms with Gasteiger partial charge in [-0.3, -0.25) is 4.79 Å². The Balaban J connectivity index is 1.45. The normalized spacial score (nSPS) is 14.0. The Morgan fingerprint density at radius 1 is 1.07 bits per heavy atom. The third kappa shape index (κ3) is 4.09. The Hall–Kier alpha value is -3.46. The van der Waals surface area contributed by atoms with E-state index in [0.717, 1.165) is 24.5 Å². The molecule has 2 aromatic heterocycles. The number of aryl methyl sites for hydroxylation is 1. The second-order valence-electron chi connectivity index (χ2n) is 6.32. The summed E-state index contributed by atoms with van der Waals surface area (Å²) in [7, 11) is 0. The highest BCUT2D eigenvalue weighted by Crippen LogP contribution is 2.28. The minimum absolute atomic E-state index is 0.188. The summed E-state index contributed by atoms with van der Waals surface area (Å²) in [6, 6.07) is 13.0. The molecular weight excluding hydrogens is 360 g/mol. The zero-order valence-electron chi connectivity index (χ0n) is 15.4. The molecule has 28 heavy (non-hydrogen) atoms. The Bertz CT molecular complexity index is 950. The van der Waals surface area contributed by atoms with Crippen LogP contribution in [0, 0.1) is 6.92 Å². The fourth-order valence-corrected chi connectivity index (χ4v) is 2.92. The molecule has 0 unspecified atom stereocenters. The molecule has 1 aliphatic rings. The van der Waals surface area contributed by atoms with E-state index < -0.39 is 5.91 Å². The SMILES string of the molecule is Cc1cc(NC(=O)c2ccc(Nc3ccccc3N3CCOCC3)nn2)no1. The molecule has 1 fully saturated rings. The van der Waals surface area contributed by atoms with Gasteiger partial charge in [0, 0.05) is 19.2 Å². The zero-order chi connectivity index (χ0) is 19.3. The molecule has 0 bridgehead atoms. The number of carbonyl (C=O) groups excluding carboxylic acids is 1. The van der Waals surface area contributed by atoms with Crippen molar-refractivity contribution in [1.82, 2.24) is 15.4 Å². The van der Waals surface area contributed by atoms with Crippen LogP contribution in [0.4, 0.5) is 23.0 Å². The van der Waals surface area contributed by atoms with Gasteiger partial charge >= 0.3 is 0 Å². The molecule has 0 aliphatic carbocycles. The van der Waals surface area contributed by atoms with Gasteiger partial charge in [-0.25, -0.2) is 0 Å². The van der Waals surface area contributed by atoms with E-state index in [2.05, 4.69) is 37.0 Å². The first-order valence-corrected chi connectivity index (χ1v) is 8.96. The van der Waals surface area contributed by atoms with E-state index in [1.54, 1.807) is 25.1 Å². The fraction of sp³-hybridized carbons (Fsp3) is 0.263. The van der Waals surface area contributed by atoms with Gasteiger partial charge in [0.2, 0.25) is 0 Å². The van der Waals surface area contributed by atoms with Crippen LogP contribution in [0.1, 0.15) is 16.2 Å². The van der Waals surface area contributed by atoms with Crippen LogP contribution in [-0.2, 0) is 4.74 Å². The Morgan fingerprint density at radius 2 is 1.89 bits per heavy atom. The first-order chi connectivity index (χ1) is 13.7. The molecule has 3 heterocycles. The molecule has 9 nitrogen and oxygen atoms in total. The van der Waals surface area contributed by atoms with E-state index in [4.69, 9.17) is 9.26 Å². The van der Waals surface area contributed by atoms with Gasteiger partial charge < -0.3 is 24.8 Å². The van der Waals surface area contributed by atoms with Crippen LogP contribution in [0.15, 0.2) is 47.0 Å².